The Bertz CT molecular complexity index is 628. The SMILES string of the molecule is O=C(NC1CCC(O)CC1)c1cccn1CCc1ccccc1. The van der Waals surface area contributed by atoms with Gasteiger partial charge in [0.05, 0.1) is 6.10 Å². The van der Waals surface area contributed by atoms with Gasteiger partial charge < -0.3 is 15.0 Å². The van der Waals surface area contributed by atoms with Gasteiger partial charge in [-0.15, -0.1) is 0 Å². The summed E-state index contributed by atoms with van der Waals surface area (Å²) in [6.45, 7) is 0.795. The van der Waals surface area contributed by atoms with Crippen LogP contribution in [-0.2, 0) is 13.0 Å². The van der Waals surface area contributed by atoms with E-state index in [1.54, 1.807) is 0 Å². The molecule has 0 atom stereocenters. The number of hydrogen-bond acceptors (Lipinski definition) is 2. The van der Waals surface area contributed by atoms with E-state index in [2.05, 4.69) is 17.4 Å². The molecule has 4 nitrogen and oxygen atoms in total. The van der Waals surface area contributed by atoms with E-state index < -0.39 is 0 Å². The van der Waals surface area contributed by atoms with Gasteiger partial charge in [-0.3, -0.25) is 4.79 Å². The number of nitrogens with one attached hydrogen (secondary N) is 1. The maximum atomic E-state index is 12.5. The van der Waals surface area contributed by atoms with Crippen molar-refractivity contribution >= 4 is 5.91 Å². The van der Waals surface area contributed by atoms with E-state index >= 15 is 0 Å². The fraction of sp³-hybridized carbons (Fsp3) is 0.421. The van der Waals surface area contributed by atoms with Crippen molar-refractivity contribution < 1.29 is 9.90 Å². The minimum atomic E-state index is -0.196. The van der Waals surface area contributed by atoms with E-state index in [9.17, 15) is 9.90 Å². The molecule has 4 heteroatoms. The predicted molar refractivity (Wildman–Crippen MR) is 90.3 cm³/mol. The number of aliphatic hydroxyl groups is 1. The zero-order valence-corrected chi connectivity index (χ0v) is 13.3. The average molecular weight is 312 g/mol. The van der Waals surface area contributed by atoms with Gasteiger partial charge in [0, 0.05) is 18.8 Å². The maximum absolute atomic E-state index is 12.5. The van der Waals surface area contributed by atoms with Crippen LogP contribution in [0.25, 0.3) is 0 Å². The van der Waals surface area contributed by atoms with Gasteiger partial charge in [0.15, 0.2) is 0 Å². The second-order valence-electron chi connectivity index (χ2n) is 6.30. The Balaban J connectivity index is 1.58. The zero-order valence-electron chi connectivity index (χ0n) is 13.3. The molecule has 0 bridgehead atoms. The molecule has 0 unspecified atom stereocenters. The molecule has 1 heterocycles. The summed E-state index contributed by atoms with van der Waals surface area (Å²) < 4.78 is 2.01. The average Bonchev–Trinajstić information content (AvgIpc) is 3.05. The largest absolute Gasteiger partial charge is 0.393 e. The molecule has 0 saturated heterocycles. The Morgan fingerprint density at radius 3 is 2.57 bits per heavy atom. The third-order valence-corrected chi connectivity index (χ3v) is 4.58. The molecule has 23 heavy (non-hydrogen) atoms. The lowest BCUT2D eigenvalue weighted by atomic mass is 9.93. The van der Waals surface area contributed by atoms with Crippen LogP contribution in [0.1, 0.15) is 41.7 Å². The van der Waals surface area contributed by atoms with Crippen LogP contribution in [-0.4, -0.2) is 27.7 Å². The molecular formula is C19H24N2O2. The second-order valence-corrected chi connectivity index (χ2v) is 6.30. The molecule has 1 aromatic heterocycles. The molecule has 1 fully saturated rings. The first-order chi connectivity index (χ1) is 11.2. The lowest BCUT2D eigenvalue weighted by Crippen LogP contribution is -2.39. The first-order valence-corrected chi connectivity index (χ1v) is 8.40. The maximum Gasteiger partial charge on any atom is 0.268 e. The highest BCUT2D eigenvalue weighted by molar-refractivity contribution is 5.92. The lowest BCUT2D eigenvalue weighted by molar-refractivity contribution is 0.0859. The molecule has 3 rings (SSSR count). The number of aryl methyl sites for hydroxylation is 2. The summed E-state index contributed by atoms with van der Waals surface area (Å²) in [5.74, 6) is -0.00977. The van der Waals surface area contributed by atoms with Crippen molar-refractivity contribution in [1.82, 2.24) is 9.88 Å². The number of amides is 1. The van der Waals surface area contributed by atoms with Crippen LogP contribution in [0.4, 0.5) is 0 Å². The lowest BCUT2D eigenvalue weighted by Gasteiger charge is -2.26. The van der Waals surface area contributed by atoms with Gasteiger partial charge in [-0.25, -0.2) is 0 Å². The summed E-state index contributed by atoms with van der Waals surface area (Å²) in [6, 6.07) is 14.3. The van der Waals surface area contributed by atoms with Gasteiger partial charge in [-0.05, 0) is 49.8 Å². The highest BCUT2D eigenvalue weighted by Gasteiger charge is 2.22. The standard InChI is InChI=1S/C19H24N2O2/c22-17-10-8-16(9-11-17)20-19(23)18-7-4-13-21(18)14-12-15-5-2-1-3-6-15/h1-7,13,16-17,22H,8-12,14H2,(H,20,23). The number of nitrogens with zero attached hydrogens (tertiary/aromatic N) is 1. The first kappa shape index (κ1) is 15.8. The van der Waals surface area contributed by atoms with Crippen molar-refractivity contribution in [2.75, 3.05) is 0 Å². The molecular weight excluding hydrogens is 288 g/mol. The fourth-order valence-electron chi connectivity index (χ4n) is 3.19. The van der Waals surface area contributed by atoms with Crippen molar-refractivity contribution in [3.8, 4) is 0 Å². The number of carbonyl (C=O) groups is 1. The van der Waals surface area contributed by atoms with E-state index in [-0.39, 0.29) is 18.1 Å². The van der Waals surface area contributed by atoms with Crippen LogP contribution >= 0.6 is 0 Å². The molecule has 0 aliphatic heterocycles. The minimum absolute atomic E-state index is 0.00977. The molecule has 1 saturated carbocycles. The van der Waals surface area contributed by atoms with E-state index in [0.717, 1.165) is 38.6 Å². The first-order valence-electron chi connectivity index (χ1n) is 8.40. The highest BCUT2D eigenvalue weighted by atomic mass is 16.3. The van der Waals surface area contributed by atoms with E-state index in [0.29, 0.717) is 5.69 Å². The summed E-state index contributed by atoms with van der Waals surface area (Å²) in [7, 11) is 0. The molecule has 1 aromatic carbocycles. The van der Waals surface area contributed by atoms with Crippen molar-refractivity contribution in [1.29, 1.82) is 0 Å². The molecule has 1 amide bonds. The van der Waals surface area contributed by atoms with Crippen LogP contribution in [0.15, 0.2) is 48.7 Å². The Morgan fingerprint density at radius 1 is 1.09 bits per heavy atom. The second kappa shape index (κ2) is 7.47. The van der Waals surface area contributed by atoms with Crippen LogP contribution in [0.5, 0.6) is 0 Å². The minimum Gasteiger partial charge on any atom is -0.393 e. The Morgan fingerprint density at radius 2 is 1.83 bits per heavy atom. The number of carbonyl (C=O) groups excluding carboxylic acids is 1. The molecule has 2 N–H and O–H groups in total. The zero-order chi connectivity index (χ0) is 16.1. The van der Waals surface area contributed by atoms with E-state index in [4.69, 9.17) is 0 Å². The summed E-state index contributed by atoms with van der Waals surface area (Å²) in [6.07, 6.45) is 5.95. The number of aliphatic hydroxyl groups excluding tert-OH is 1. The summed E-state index contributed by atoms with van der Waals surface area (Å²) in [5.41, 5.74) is 1.99. The van der Waals surface area contributed by atoms with Crippen LogP contribution < -0.4 is 5.32 Å². The molecule has 1 aliphatic carbocycles. The third-order valence-electron chi connectivity index (χ3n) is 4.58. The molecule has 1 aliphatic rings. The number of hydrogen-bond donors (Lipinski definition) is 2. The monoisotopic (exact) mass is 312 g/mol. The van der Waals surface area contributed by atoms with Crippen LogP contribution in [0, 0.1) is 0 Å². The summed E-state index contributed by atoms with van der Waals surface area (Å²) >= 11 is 0. The van der Waals surface area contributed by atoms with Crippen molar-refractivity contribution in [2.45, 2.75) is 50.8 Å². The van der Waals surface area contributed by atoms with E-state index in [1.807, 2.05) is 41.1 Å². The molecule has 0 radical (unpaired) electrons. The summed E-state index contributed by atoms with van der Waals surface area (Å²) in [4.78, 5) is 12.5. The topological polar surface area (TPSA) is 54.3 Å². The van der Waals surface area contributed by atoms with Crippen molar-refractivity contribution in [3.63, 3.8) is 0 Å². The number of benzene rings is 1. The smallest absolute Gasteiger partial charge is 0.268 e. The van der Waals surface area contributed by atoms with Crippen LogP contribution in [0.2, 0.25) is 0 Å². The van der Waals surface area contributed by atoms with Crippen molar-refractivity contribution in [3.05, 3.63) is 59.9 Å². The van der Waals surface area contributed by atoms with Gasteiger partial charge in [-0.1, -0.05) is 30.3 Å². The van der Waals surface area contributed by atoms with Crippen LogP contribution in [0.3, 0.4) is 0 Å². The Kier molecular flexibility index (Phi) is 5.13. The van der Waals surface area contributed by atoms with Gasteiger partial charge in [0.2, 0.25) is 0 Å². The van der Waals surface area contributed by atoms with Gasteiger partial charge in [0.25, 0.3) is 5.91 Å². The Labute approximate surface area is 137 Å². The highest BCUT2D eigenvalue weighted by Crippen LogP contribution is 2.19. The van der Waals surface area contributed by atoms with Gasteiger partial charge in [-0.2, -0.15) is 0 Å². The number of aromatic nitrogens is 1. The predicted octanol–water partition coefficient (Wildman–Crippen LogP) is 2.76. The van der Waals surface area contributed by atoms with Gasteiger partial charge in [0.1, 0.15) is 5.69 Å². The van der Waals surface area contributed by atoms with E-state index in [1.165, 1.54) is 5.56 Å². The third kappa shape index (κ3) is 4.23. The normalized spacial score (nSPS) is 21.1. The molecule has 122 valence electrons. The summed E-state index contributed by atoms with van der Waals surface area (Å²) in [5, 5.41) is 12.7. The fourth-order valence-corrected chi connectivity index (χ4v) is 3.19. The van der Waals surface area contributed by atoms with Gasteiger partial charge >= 0.3 is 0 Å². The Hall–Kier alpha value is -2.07. The quantitative estimate of drug-likeness (QED) is 0.892. The molecule has 0 spiro atoms. The molecule has 2 aromatic rings. The van der Waals surface area contributed by atoms with Crippen molar-refractivity contribution in [2.24, 2.45) is 0 Å². The number of rotatable bonds is 5.